The Morgan fingerprint density at radius 1 is 1.10 bits per heavy atom. The lowest BCUT2D eigenvalue weighted by molar-refractivity contribution is -0.150. The number of hydrogen-bond donors (Lipinski definition) is 1. The van der Waals surface area contributed by atoms with E-state index < -0.39 is 29.6 Å². The highest BCUT2D eigenvalue weighted by Crippen LogP contribution is 2.60. The molecule has 1 aromatic rings. The highest BCUT2D eigenvalue weighted by atomic mass is 79.9. The van der Waals surface area contributed by atoms with Crippen LogP contribution in [0.15, 0.2) is 55.6 Å². The van der Waals surface area contributed by atoms with Gasteiger partial charge < -0.3 is 24.5 Å². The number of ether oxygens (including phenoxy) is 1. The maximum absolute atomic E-state index is 14.6. The van der Waals surface area contributed by atoms with Crippen molar-refractivity contribution in [2.24, 2.45) is 11.8 Å². The number of likely N-dealkylation sites (tertiary alicyclic amines) is 1. The van der Waals surface area contributed by atoms with Crippen LogP contribution in [0.5, 0.6) is 0 Å². The molecule has 222 valence electrons. The van der Waals surface area contributed by atoms with Crippen LogP contribution < -0.4 is 0 Å². The summed E-state index contributed by atoms with van der Waals surface area (Å²) in [6.07, 6.45) is 8.89. The quantitative estimate of drug-likeness (QED) is 0.282. The lowest BCUT2D eigenvalue weighted by Crippen LogP contribution is -2.59. The number of carbonyl (C=O) groups excluding carboxylic acids is 3. The molecule has 1 N–H and O–H groups in total. The van der Waals surface area contributed by atoms with Gasteiger partial charge in [-0.1, -0.05) is 77.7 Å². The van der Waals surface area contributed by atoms with E-state index in [4.69, 9.17) is 4.74 Å². The molecule has 8 nitrogen and oxygen atoms in total. The highest BCUT2D eigenvalue weighted by Gasteiger charge is 2.76. The summed E-state index contributed by atoms with van der Waals surface area (Å²) in [6, 6.07) is 8.99. The maximum atomic E-state index is 14.6. The normalized spacial score (nSPS) is 30.7. The maximum Gasteiger partial charge on any atom is 0.248 e. The van der Waals surface area contributed by atoms with Crippen molar-refractivity contribution < 1.29 is 24.2 Å². The summed E-state index contributed by atoms with van der Waals surface area (Å²) >= 11 is 3.78. The van der Waals surface area contributed by atoms with E-state index in [0.29, 0.717) is 32.5 Å². The Balaban J connectivity index is 1.51. The molecule has 1 aromatic carbocycles. The lowest BCUT2D eigenvalue weighted by Gasteiger charge is -2.41. The first-order valence-corrected chi connectivity index (χ1v) is 15.9. The fourth-order valence-electron chi connectivity index (χ4n) is 7.68. The molecule has 3 aliphatic heterocycles. The third-order valence-electron chi connectivity index (χ3n) is 9.37. The molecule has 3 unspecified atom stereocenters. The highest BCUT2D eigenvalue weighted by molar-refractivity contribution is 9.09. The van der Waals surface area contributed by atoms with Crippen molar-refractivity contribution >= 4 is 33.7 Å². The first kappa shape index (κ1) is 30.0. The zero-order valence-corrected chi connectivity index (χ0v) is 25.3. The molecule has 9 heteroatoms. The van der Waals surface area contributed by atoms with Gasteiger partial charge in [0, 0.05) is 43.7 Å². The van der Waals surface area contributed by atoms with Gasteiger partial charge in [0.2, 0.25) is 17.7 Å². The molecular formula is C32H42BrN3O5. The van der Waals surface area contributed by atoms with Gasteiger partial charge in [-0.15, -0.1) is 13.2 Å². The summed E-state index contributed by atoms with van der Waals surface area (Å²) in [4.78, 5) is 48.2. The summed E-state index contributed by atoms with van der Waals surface area (Å²) < 4.78 is 6.72. The number of hydrogen-bond acceptors (Lipinski definition) is 5. The van der Waals surface area contributed by atoms with Crippen LogP contribution in [0.25, 0.3) is 0 Å². The van der Waals surface area contributed by atoms with Gasteiger partial charge in [-0.25, -0.2) is 0 Å². The fourth-order valence-corrected chi connectivity index (χ4v) is 8.63. The SMILES string of the molecule is C=CCN(Cc1ccccc1)C(=O)[C@H]1[C@@H]2OC3(CC2Br)C(C(=O)N(CC=C)C2CCCCC2)N(CCCO)C(=O)[C@H]13. The smallest absolute Gasteiger partial charge is 0.248 e. The number of halogens is 1. The van der Waals surface area contributed by atoms with Crippen molar-refractivity contribution in [2.75, 3.05) is 26.2 Å². The van der Waals surface area contributed by atoms with Gasteiger partial charge in [-0.2, -0.15) is 0 Å². The van der Waals surface area contributed by atoms with Gasteiger partial charge >= 0.3 is 0 Å². The average molecular weight is 629 g/mol. The number of benzene rings is 1. The number of aliphatic hydroxyl groups excluding tert-OH is 1. The van der Waals surface area contributed by atoms with Crippen molar-refractivity contribution in [1.82, 2.24) is 14.7 Å². The van der Waals surface area contributed by atoms with Crippen molar-refractivity contribution in [1.29, 1.82) is 0 Å². The molecule has 5 rings (SSSR count). The second-order valence-corrected chi connectivity index (χ2v) is 13.0. The van der Waals surface area contributed by atoms with Crippen molar-refractivity contribution in [2.45, 2.75) is 80.1 Å². The monoisotopic (exact) mass is 627 g/mol. The first-order chi connectivity index (χ1) is 19.9. The van der Waals surface area contributed by atoms with Crippen molar-refractivity contribution in [3.05, 3.63) is 61.2 Å². The number of carbonyl (C=O) groups is 3. The van der Waals surface area contributed by atoms with Crippen LogP contribution in [0.1, 0.15) is 50.5 Å². The molecule has 3 amide bonds. The standard InChI is InChI=1S/C32H42BrN3O5/c1-3-16-34(21-22-12-7-5-8-13-22)29(38)25-26-30(39)36(18-11-19-37)28(32(26)20-24(33)27(25)41-32)31(40)35(17-4-2)23-14-9-6-10-15-23/h3-5,7-8,12-13,23-28,37H,1-2,6,9-11,14-21H2/t24?,25-,26+,27-,28?,32?/m1/s1. The zero-order chi connectivity index (χ0) is 29.1. The topological polar surface area (TPSA) is 90.4 Å². The van der Waals surface area contributed by atoms with E-state index in [9.17, 15) is 19.5 Å². The molecule has 4 aliphatic rings. The summed E-state index contributed by atoms with van der Waals surface area (Å²) in [5.41, 5.74) is -0.122. The minimum Gasteiger partial charge on any atom is -0.396 e. The second-order valence-electron chi connectivity index (χ2n) is 11.8. The van der Waals surface area contributed by atoms with Crippen LogP contribution in [0, 0.1) is 11.8 Å². The third kappa shape index (κ3) is 5.41. The first-order valence-electron chi connectivity index (χ1n) is 15.0. The van der Waals surface area contributed by atoms with Crippen LogP contribution in [0.4, 0.5) is 0 Å². The van der Waals surface area contributed by atoms with Gasteiger partial charge in [0.1, 0.15) is 11.6 Å². The van der Waals surface area contributed by atoms with E-state index in [1.165, 1.54) is 0 Å². The van der Waals surface area contributed by atoms with E-state index in [2.05, 4.69) is 29.1 Å². The van der Waals surface area contributed by atoms with Crippen LogP contribution >= 0.6 is 15.9 Å². The molecule has 3 heterocycles. The predicted octanol–water partition coefficient (Wildman–Crippen LogP) is 3.68. The van der Waals surface area contributed by atoms with Gasteiger partial charge in [-0.05, 0) is 31.2 Å². The summed E-state index contributed by atoms with van der Waals surface area (Å²) in [5.74, 6) is -2.00. The summed E-state index contributed by atoms with van der Waals surface area (Å²) in [7, 11) is 0. The second kappa shape index (κ2) is 12.8. The molecule has 1 spiro atoms. The fraction of sp³-hybridized carbons (Fsp3) is 0.594. The molecule has 4 fully saturated rings. The molecule has 0 radical (unpaired) electrons. The van der Waals surface area contributed by atoms with E-state index in [1.54, 1.807) is 22.0 Å². The predicted molar refractivity (Wildman–Crippen MR) is 160 cm³/mol. The Morgan fingerprint density at radius 2 is 1.80 bits per heavy atom. The molecule has 0 aromatic heterocycles. The molecule has 2 bridgehead atoms. The van der Waals surface area contributed by atoms with Crippen LogP contribution in [-0.2, 0) is 25.7 Å². The van der Waals surface area contributed by atoms with Gasteiger partial charge in [0.25, 0.3) is 0 Å². The molecule has 3 saturated heterocycles. The average Bonchev–Trinajstić information content (AvgIpc) is 3.58. The van der Waals surface area contributed by atoms with Crippen molar-refractivity contribution in [3.63, 3.8) is 0 Å². The van der Waals surface area contributed by atoms with Crippen LogP contribution in [0.2, 0.25) is 0 Å². The van der Waals surface area contributed by atoms with E-state index in [1.807, 2.05) is 35.2 Å². The molecule has 1 saturated carbocycles. The Hall–Kier alpha value is -2.49. The van der Waals surface area contributed by atoms with Crippen LogP contribution in [0.3, 0.4) is 0 Å². The molecule has 41 heavy (non-hydrogen) atoms. The van der Waals surface area contributed by atoms with E-state index >= 15 is 0 Å². The Kier molecular flexibility index (Phi) is 9.36. The van der Waals surface area contributed by atoms with Gasteiger partial charge in [0.05, 0.1) is 17.9 Å². The molecular weight excluding hydrogens is 586 g/mol. The number of aliphatic hydroxyl groups is 1. The number of amides is 3. The van der Waals surface area contributed by atoms with Gasteiger partial charge in [0.15, 0.2) is 0 Å². The number of alkyl halides is 1. The summed E-state index contributed by atoms with van der Waals surface area (Å²) in [6.45, 7) is 9.04. The number of fused-ring (bicyclic) bond motifs is 1. The van der Waals surface area contributed by atoms with Crippen molar-refractivity contribution in [3.8, 4) is 0 Å². The molecule has 1 aliphatic carbocycles. The number of rotatable bonds is 12. The lowest BCUT2D eigenvalue weighted by atomic mass is 9.70. The van der Waals surface area contributed by atoms with E-state index in [-0.39, 0.29) is 41.7 Å². The Labute approximate surface area is 251 Å². The zero-order valence-electron chi connectivity index (χ0n) is 23.7. The third-order valence-corrected chi connectivity index (χ3v) is 10.2. The van der Waals surface area contributed by atoms with Crippen LogP contribution in [-0.4, -0.2) is 92.4 Å². The molecule has 6 atom stereocenters. The van der Waals surface area contributed by atoms with E-state index in [0.717, 1.165) is 37.7 Å². The number of nitrogens with zero attached hydrogens (tertiary/aromatic N) is 3. The minimum absolute atomic E-state index is 0.0873. The Morgan fingerprint density at radius 3 is 2.46 bits per heavy atom. The minimum atomic E-state index is -1.11. The Bertz CT molecular complexity index is 1140. The summed E-state index contributed by atoms with van der Waals surface area (Å²) in [5, 5.41) is 9.67. The largest absolute Gasteiger partial charge is 0.396 e. The van der Waals surface area contributed by atoms with Gasteiger partial charge in [-0.3, -0.25) is 14.4 Å².